The molecule has 3 nitrogen and oxygen atoms in total. The van der Waals surface area contributed by atoms with Gasteiger partial charge in [0.2, 0.25) is 0 Å². The van der Waals surface area contributed by atoms with Gasteiger partial charge in [0.25, 0.3) is 0 Å². The minimum Gasteiger partial charge on any atom is -0.493 e. The zero-order valence-corrected chi connectivity index (χ0v) is 15.0. The summed E-state index contributed by atoms with van der Waals surface area (Å²) in [4.78, 5) is 0. The van der Waals surface area contributed by atoms with Crippen molar-refractivity contribution in [3.63, 3.8) is 0 Å². The van der Waals surface area contributed by atoms with E-state index in [1.54, 1.807) is 7.11 Å². The number of ether oxygens (including phenoxy) is 3. The van der Waals surface area contributed by atoms with Gasteiger partial charge in [-0.15, -0.1) is 0 Å². The molecule has 2 rings (SSSR count). The molecule has 0 aliphatic heterocycles. The van der Waals surface area contributed by atoms with Gasteiger partial charge in [0.1, 0.15) is 19.0 Å². The van der Waals surface area contributed by atoms with E-state index in [0.29, 0.717) is 13.2 Å². The summed E-state index contributed by atoms with van der Waals surface area (Å²) in [6.45, 7) is 7.05. The van der Waals surface area contributed by atoms with E-state index in [9.17, 15) is 0 Å². The summed E-state index contributed by atoms with van der Waals surface area (Å²) in [7, 11) is 1.64. The van der Waals surface area contributed by atoms with Crippen LogP contribution in [0.2, 0.25) is 0 Å². The van der Waals surface area contributed by atoms with Crippen LogP contribution in [0.25, 0.3) is 0 Å². The first-order valence-corrected chi connectivity index (χ1v) is 7.97. The van der Waals surface area contributed by atoms with E-state index >= 15 is 0 Å². The maximum absolute atomic E-state index is 5.83. The molecule has 0 aliphatic carbocycles. The molecule has 22 heavy (non-hydrogen) atoms. The summed E-state index contributed by atoms with van der Waals surface area (Å²) in [5, 5.41) is 0. The summed E-state index contributed by atoms with van der Waals surface area (Å²) in [5.74, 6) is 2.34. The lowest BCUT2D eigenvalue weighted by Crippen LogP contribution is -2.10. The molecular formula is C18H21BrO3. The average Bonchev–Trinajstić information content (AvgIpc) is 2.46. The van der Waals surface area contributed by atoms with Gasteiger partial charge in [-0.2, -0.15) is 0 Å². The smallest absolute Gasteiger partial charge is 0.161 e. The molecule has 0 spiro atoms. The van der Waals surface area contributed by atoms with Crippen molar-refractivity contribution in [2.75, 3.05) is 20.3 Å². The predicted molar refractivity (Wildman–Crippen MR) is 92.3 cm³/mol. The zero-order valence-electron chi connectivity index (χ0n) is 13.4. The molecule has 2 aromatic carbocycles. The molecule has 0 aromatic heterocycles. The minimum absolute atomic E-state index is 0.458. The number of hydrogen-bond acceptors (Lipinski definition) is 3. The zero-order chi connectivity index (χ0) is 16.1. The molecule has 0 aliphatic rings. The van der Waals surface area contributed by atoms with Gasteiger partial charge in [0, 0.05) is 0 Å². The highest BCUT2D eigenvalue weighted by atomic mass is 79.9. The lowest BCUT2D eigenvalue weighted by atomic mass is 10.1. The topological polar surface area (TPSA) is 27.7 Å². The van der Waals surface area contributed by atoms with Crippen molar-refractivity contribution in [2.45, 2.75) is 20.8 Å². The van der Waals surface area contributed by atoms with E-state index < -0.39 is 0 Å². The van der Waals surface area contributed by atoms with Gasteiger partial charge in [-0.05, 0) is 71.6 Å². The Morgan fingerprint density at radius 3 is 2.27 bits per heavy atom. The third-order valence-electron chi connectivity index (χ3n) is 3.28. The van der Waals surface area contributed by atoms with Gasteiger partial charge >= 0.3 is 0 Å². The number of hydrogen-bond donors (Lipinski definition) is 0. The van der Waals surface area contributed by atoms with Gasteiger partial charge < -0.3 is 14.2 Å². The molecule has 2 aromatic rings. The van der Waals surface area contributed by atoms with Crippen molar-refractivity contribution in [3.05, 3.63) is 51.5 Å². The largest absolute Gasteiger partial charge is 0.493 e. The first kappa shape index (κ1) is 16.7. The van der Waals surface area contributed by atoms with E-state index in [2.05, 4.69) is 28.9 Å². The average molecular weight is 365 g/mol. The second-order valence-electron chi connectivity index (χ2n) is 5.24. The Kier molecular flexibility index (Phi) is 5.72. The molecule has 0 heterocycles. The summed E-state index contributed by atoms with van der Waals surface area (Å²) < 4.78 is 17.9. The van der Waals surface area contributed by atoms with Gasteiger partial charge in [-0.1, -0.05) is 12.1 Å². The van der Waals surface area contributed by atoms with E-state index in [4.69, 9.17) is 14.2 Å². The number of halogens is 1. The summed E-state index contributed by atoms with van der Waals surface area (Å²) in [6.07, 6.45) is 0. The highest BCUT2D eigenvalue weighted by molar-refractivity contribution is 9.10. The van der Waals surface area contributed by atoms with Crippen LogP contribution in [0.3, 0.4) is 0 Å². The number of rotatable bonds is 6. The van der Waals surface area contributed by atoms with Crippen LogP contribution >= 0.6 is 15.9 Å². The van der Waals surface area contributed by atoms with E-state index in [0.717, 1.165) is 32.8 Å². The number of methoxy groups -OCH3 is 1. The fraction of sp³-hybridized carbons (Fsp3) is 0.333. The van der Waals surface area contributed by atoms with Crippen molar-refractivity contribution in [1.82, 2.24) is 0 Å². The molecule has 0 bridgehead atoms. The molecule has 118 valence electrons. The van der Waals surface area contributed by atoms with Crippen molar-refractivity contribution in [3.8, 4) is 17.2 Å². The van der Waals surface area contributed by atoms with Crippen LogP contribution in [-0.2, 0) is 0 Å². The molecule has 0 fully saturated rings. The van der Waals surface area contributed by atoms with Crippen LogP contribution in [0, 0.1) is 20.8 Å². The van der Waals surface area contributed by atoms with E-state index in [-0.39, 0.29) is 0 Å². The molecule has 0 amide bonds. The summed E-state index contributed by atoms with van der Waals surface area (Å²) in [6, 6.07) is 10.0. The first-order valence-electron chi connectivity index (χ1n) is 7.18. The van der Waals surface area contributed by atoms with E-state index in [1.807, 2.05) is 38.1 Å². The lowest BCUT2D eigenvalue weighted by Gasteiger charge is -2.14. The Morgan fingerprint density at radius 1 is 0.864 bits per heavy atom. The fourth-order valence-electron chi connectivity index (χ4n) is 2.27. The Balaban J connectivity index is 1.93. The molecule has 0 saturated carbocycles. The minimum atomic E-state index is 0.458. The Morgan fingerprint density at radius 2 is 1.59 bits per heavy atom. The van der Waals surface area contributed by atoms with Crippen LogP contribution < -0.4 is 14.2 Å². The van der Waals surface area contributed by atoms with Gasteiger partial charge in [-0.25, -0.2) is 0 Å². The van der Waals surface area contributed by atoms with Crippen molar-refractivity contribution >= 4 is 15.9 Å². The van der Waals surface area contributed by atoms with Crippen LogP contribution in [-0.4, -0.2) is 20.3 Å². The Bertz CT molecular complexity index is 630. The van der Waals surface area contributed by atoms with E-state index in [1.165, 1.54) is 5.56 Å². The molecule has 0 atom stereocenters. The van der Waals surface area contributed by atoms with Crippen LogP contribution in [0.15, 0.2) is 34.8 Å². The van der Waals surface area contributed by atoms with Crippen LogP contribution in [0.4, 0.5) is 0 Å². The quantitative estimate of drug-likeness (QED) is 0.686. The van der Waals surface area contributed by atoms with Crippen LogP contribution in [0.5, 0.6) is 17.2 Å². The Hall–Kier alpha value is -1.68. The highest BCUT2D eigenvalue weighted by Gasteiger charge is 2.07. The molecule has 0 radical (unpaired) electrons. The Labute approximate surface area is 140 Å². The van der Waals surface area contributed by atoms with Crippen molar-refractivity contribution in [1.29, 1.82) is 0 Å². The van der Waals surface area contributed by atoms with Crippen LogP contribution in [0.1, 0.15) is 16.7 Å². The molecule has 0 N–H and O–H groups in total. The third-order valence-corrected chi connectivity index (χ3v) is 3.87. The third kappa shape index (κ3) is 4.17. The first-order chi connectivity index (χ1) is 10.5. The van der Waals surface area contributed by atoms with Crippen molar-refractivity contribution in [2.24, 2.45) is 0 Å². The van der Waals surface area contributed by atoms with Gasteiger partial charge in [-0.3, -0.25) is 0 Å². The van der Waals surface area contributed by atoms with Crippen molar-refractivity contribution < 1.29 is 14.2 Å². The monoisotopic (exact) mass is 364 g/mol. The number of benzene rings is 2. The molecule has 0 saturated heterocycles. The van der Waals surface area contributed by atoms with Gasteiger partial charge in [0.05, 0.1) is 11.6 Å². The number of aryl methyl sites for hydroxylation is 3. The predicted octanol–water partition coefficient (Wildman–Crippen LogP) is 4.84. The standard InChI is InChI=1S/C18H21BrO3/c1-12-5-6-16(17(11-12)20-4)21-7-8-22-18-14(3)9-13(2)10-15(18)19/h5-6,9-11H,7-8H2,1-4H3. The molecule has 0 unspecified atom stereocenters. The second-order valence-corrected chi connectivity index (χ2v) is 6.10. The molecular weight excluding hydrogens is 344 g/mol. The second kappa shape index (κ2) is 7.54. The maximum atomic E-state index is 5.83. The fourth-order valence-corrected chi connectivity index (χ4v) is 3.06. The SMILES string of the molecule is COc1cc(C)ccc1OCCOc1c(C)cc(C)cc1Br. The summed E-state index contributed by atoms with van der Waals surface area (Å²) in [5.41, 5.74) is 3.46. The lowest BCUT2D eigenvalue weighted by molar-refractivity contribution is 0.209. The summed E-state index contributed by atoms with van der Waals surface area (Å²) >= 11 is 3.54. The maximum Gasteiger partial charge on any atom is 0.161 e. The normalized spacial score (nSPS) is 10.4. The van der Waals surface area contributed by atoms with Gasteiger partial charge in [0.15, 0.2) is 11.5 Å². The highest BCUT2D eigenvalue weighted by Crippen LogP contribution is 2.30. The molecule has 4 heteroatoms.